The average molecular weight is 359 g/mol. The monoisotopic (exact) mass is 359 g/mol. The first-order valence-electron chi connectivity index (χ1n) is 8.45. The second kappa shape index (κ2) is 7.22. The van der Waals surface area contributed by atoms with Crippen molar-refractivity contribution in [2.45, 2.75) is 13.5 Å². The van der Waals surface area contributed by atoms with Crippen molar-refractivity contribution in [3.8, 4) is 17.6 Å². The van der Waals surface area contributed by atoms with Crippen LogP contribution in [0, 0.1) is 18.3 Å². The van der Waals surface area contributed by atoms with Crippen LogP contribution in [0.5, 0.6) is 11.5 Å². The van der Waals surface area contributed by atoms with Crippen LogP contribution in [-0.2, 0) is 6.54 Å². The van der Waals surface area contributed by atoms with E-state index in [1.807, 2.05) is 43.3 Å². The number of fused-ring (bicyclic) bond motifs is 1. The number of nitrogens with one attached hydrogen (secondary N) is 2. The van der Waals surface area contributed by atoms with Crippen molar-refractivity contribution in [1.82, 2.24) is 9.97 Å². The summed E-state index contributed by atoms with van der Waals surface area (Å²) in [5.41, 5.74) is 2.54. The predicted molar refractivity (Wildman–Crippen MR) is 101 cm³/mol. The van der Waals surface area contributed by atoms with Gasteiger partial charge in [0, 0.05) is 18.3 Å². The molecule has 0 saturated carbocycles. The second-order valence-electron chi connectivity index (χ2n) is 6.04. The van der Waals surface area contributed by atoms with Crippen LogP contribution in [-0.4, -0.2) is 16.8 Å². The van der Waals surface area contributed by atoms with Crippen LogP contribution in [0.25, 0.3) is 0 Å². The Morgan fingerprint density at radius 1 is 1.00 bits per heavy atom. The molecule has 2 heterocycles. The van der Waals surface area contributed by atoms with E-state index in [2.05, 4.69) is 26.7 Å². The molecule has 3 aromatic rings. The van der Waals surface area contributed by atoms with Crippen molar-refractivity contribution < 1.29 is 9.47 Å². The van der Waals surface area contributed by atoms with Crippen molar-refractivity contribution in [2.24, 2.45) is 0 Å². The SMILES string of the molecule is Cc1nc(NCc2ccc3c(c2)OCO3)cc(Nc2ccc(C#N)cc2)n1. The van der Waals surface area contributed by atoms with E-state index >= 15 is 0 Å². The summed E-state index contributed by atoms with van der Waals surface area (Å²) < 4.78 is 10.7. The number of anilines is 3. The normalized spacial score (nSPS) is 11.7. The number of aryl methyl sites for hydroxylation is 1. The summed E-state index contributed by atoms with van der Waals surface area (Å²) in [6.45, 7) is 2.71. The minimum atomic E-state index is 0.266. The Morgan fingerprint density at radius 3 is 2.59 bits per heavy atom. The molecule has 27 heavy (non-hydrogen) atoms. The number of nitriles is 1. The van der Waals surface area contributed by atoms with Crippen LogP contribution in [0.4, 0.5) is 17.3 Å². The van der Waals surface area contributed by atoms with Crippen molar-refractivity contribution in [1.29, 1.82) is 5.26 Å². The first-order valence-corrected chi connectivity index (χ1v) is 8.45. The number of ether oxygens (including phenoxy) is 2. The molecule has 0 fully saturated rings. The third-order valence-corrected chi connectivity index (χ3v) is 4.03. The molecule has 7 heteroatoms. The Morgan fingerprint density at radius 2 is 1.78 bits per heavy atom. The lowest BCUT2D eigenvalue weighted by atomic mass is 10.2. The second-order valence-corrected chi connectivity index (χ2v) is 6.04. The zero-order valence-electron chi connectivity index (χ0n) is 14.7. The molecule has 4 rings (SSSR count). The fourth-order valence-corrected chi connectivity index (χ4v) is 2.74. The van der Waals surface area contributed by atoms with Gasteiger partial charge in [-0.05, 0) is 48.9 Å². The van der Waals surface area contributed by atoms with E-state index in [-0.39, 0.29) is 6.79 Å². The highest BCUT2D eigenvalue weighted by Gasteiger charge is 2.13. The summed E-state index contributed by atoms with van der Waals surface area (Å²) in [5, 5.41) is 15.4. The number of benzene rings is 2. The zero-order valence-corrected chi connectivity index (χ0v) is 14.7. The fraction of sp³-hybridized carbons (Fsp3) is 0.150. The maximum Gasteiger partial charge on any atom is 0.231 e. The lowest BCUT2D eigenvalue weighted by Crippen LogP contribution is -2.05. The van der Waals surface area contributed by atoms with Crippen LogP contribution in [0.15, 0.2) is 48.5 Å². The molecule has 0 aliphatic carbocycles. The minimum absolute atomic E-state index is 0.266. The third-order valence-electron chi connectivity index (χ3n) is 4.03. The maximum atomic E-state index is 8.88. The molecule has 0 atom stereocenters. The van der Waals surface area contributed by atoms with Crippen LogP contribution >= 0.6 is 0 Å². The van der Waals surface area contributed by atoms with E-state index in [0.717, 1.165) is 28.6 Å². The minimum Gasteiger partial charge on any atom is -0.454 e. The Labute approximate surface area is 156 Å². The quantitative estimate of drug-likeness (QED) is 0.717. The molecule has 0 unspecified atom stereocenters. The van der Waals surface area contributed by atoms with Crippen molar-refractivity contribution in [3.63, 3.8) is 0 Å². The van der Waals surface area contributed by atoms with Gasteiger partial charge >= 0.3 is 0 Å². The number of aromatic nitrogens is 2. The van der Waals surface area contributed by atoms with Gasteiger partial charge in [0.05, 0.1) is 11.6 Å². The smallest absolute Gasteiger partial charge is 0.231 e. The lowest BCUT2D eigenvalue weighted by Gasteiger charge is -2.11. The number of nitrogens with zero attached hydrogens (tertiary/aromatic N) is 3. The van der Waals surface area contributed by atoms with Crippen LogP contribution < -0.4 is 20.1 Å². The van der Waals surface area contributed by atoms with Gasteiger partial charge in [-0.15, -0.1) is 0 Å². The van der Waals surface area contributed by atoms with Crippen LogP contribution in [0.1, 0.15) is 17.0 Å². The molecular weight excluding hydrogens is 342 g/mol. The van der Waals surface area contributed by atoms with Crippen molar-refractivity contribution in [2.75, 3.05) is 17.4 Å². The van der Waals surface area contributed by atoms with Gasteiger partial charge in [0.15, 0.2) is 11.5 Å². The summed E-state index contributed by atoms with van der Waals surface area (Å²) in [7, 11) is 0. The van der Waals surface area contributed by atoms with E-state index in [0.29, 0.717) is 23.8 Å². The molecule has 1 aliphatic rings. The van der Waals surface area contributed by atoms with Gasteiger partial charge in [-0.25, -0.2) is 9.97 Å². The van der Waals surface area contributed by atoms with Gasteiger partial charge in [0.1, 0.15) is 17.5 Å². The Balaban J connectivity index is 1.46. The van der Waals surface area contributed by atoms with Crippen LogP contribution in [0.3, 0.4) is 0 Å². The Kier molecular flexibility index (Phi) is 4.45. The molecular formula is C20H17N5O2. The average Bonchev–Trinajstić information content (AvgIpc) is 3.14. The van der Waals surface area contributed by atoms with Gasteiger partial charge < -0.3 is 20.1 Å². The first-order chi connectivity index (χ1) is 13.2. The highest BCUT2D eigenvalue weighted by atomic mass is 16.7. The molecule has 2 N–H and O–H groups in total. The molecule has 0 amide bonds. The molecule has 0 saturated heterocycles. The van der Waals surface area contributed by atoms with Gasteiger partial charge in [-0.3, -0.25) is 0 Å². The molecule has 134 valence electrons. The summed E-state index contributed by atoms with van der Waals surface area (Å²) in [6, 6.07) is 17.0. The number of hydrogen-bond acceptors (Lipinski definition) is 7. The summed E-state index contributed by atoms with van der Waals surface area (Å²) in [5.74, 6) is 3.58. The van der Waals surface area contributed by atoms with E-state index in [4.69, 9.17) is 14.7 Å². The third kappa shape index (κ3) is 3.90. The Hall–Kier alpha value is -3.79. The Bertz CT molecular complexity index is 1010. The zero-order chi connectivity index (χ0) is 18.6. The molecule has 0 bridgehead atoms. The van der Waals surface area contributed by atoms with Gasteiger partial charge in [-0.2, -0.15) is 5.26 Å². The predicted octanol–water partition coefficient (Wildman–Crippen LogP) is 3.74. The summed E-state index contributed by atoms with van der Waals surface area (Å²) in [6.07, 6.45) is 0. The molecule has 1 aromatic heterocycles. The topological polar surface area (TPSA) is 92.1 Å². The van der Waals surface area contributed by atoms with Crippen molar-refractivity contribution in [3.05, 3.63) is 65.5 Å². The fourth-order valence-electron chi connectivity index (χ4n) is 2.74. The van der Waals surface area contributed by atoms with Gasteiger partial charge in [-0.1, -0.05) is 6.07 Å². The number of hydrogen-bond donors (Lipinski definition) is 2. The highest BCUT2D eigenvalue weighted by Crippen LogP contribution is 2.32. The van der Waals surface area contributed by atoms with E-state index in [1.165, 1.54) is 0 Å². The molecule has 7 nitrogen and oxygen atoms in total. The summed E-state index contributed by atoms with van der Waals surface area (Å²) in [4.78, 5) is 8.84. The molecule has 2 aromatic carbocycles. The van der Waals surface area contributed by atoms with E-state index < -0.39 is 0 Å². The molecule has 0 spiro atoms. The standard InChI is InChI=1S/C20H17N5O2/c1-13-23-19(22-11-15-4-7-17-18(8-15)27-12-26-17)9-20(24-13)25-16-5-2-14(10-21)3-6-16/h2-9H,11-12H2,1H3,(H2,22,23,24,25). The molecule has 1 aliphatic heterocycles. The van der Waals surface area contributed by atoms with E-state index in [9.17, 15) is 0 Å². The first kappa shape index (κ1) is 16.7. The highest BCUT2D eigenvalue weighted by molar-refractivity contribution is 5.60. The molecule has 0 radical (unpaired) electrons. The summed E-state index contributed by atoms with van der Waals surface area (Å²) >= 11 is 0. The van der Waals surface area contributed by atoms with E-state index in [1.54, 1.807) is 12.1 Å². The van der Waals surface area contributed by atoms with Gasteiger partial charge in [0.2, 0.25) is 6.79 Å². The van der Waals surface area contributed by atoms with Crippen molar-refractivity contribution >= 4 is 17.3 Å². The van der Waals surface area contributed by atoms with Gasteiger partial charge in [0.25, 0.3) is 0 Å². The number of rotatable bonds is 5. The maximum absolute atomic E-state index is 8.88. The lowest BCUT2D eigenvalue weighted by molar-refractivity contribution is 0.174. The van der Waals surface area contributed by atoms with Crippen LogP contribution in [0.2, 0.25) is 0 Å². The largest absolute Gasteiger partial charge is 0.454 e.